The molecule has 0 bridgehead atoms. The second kappa shape index (κ2) is 8.27. The Morgan fingerprint density at radius 2 is 1.74 bits per heavy atom. The van der Waals surface area contributed by atoms with Crippen LogP contribution in [0.25, 0.3) is 0 Å². The lowest BCUT2D eigenvalue weighted by Gasteiger charge is -2.26. The minimum absolute atomic E-state index is 0.295. The van der Waals surface area contributed by atoms with Crippen molar-refractivity contribution in [2.24, 2.45) is 0 Å². The van der Waals surface area contributed by atoms with E-state index in [0.29, 0.717) is 0 Å². The molecule has 19 heavy (non-hydrogen) atoms. The molecule has 9 heteroatoms. The molecule has 0 aromatic heterocycles. The van der Waals surface area contributed by atoms with E-state index in [0.717, 1.165) is 6.92 Å². The number of rotatable bonds is 8. The Bertz CT molecular complexity index is 353. The number of hydrogen-bond donors (Lipinski definition) is 0. The summed E-state index contributed by atoms with van der Waals surface area (Å²) < 4.78 is 29.8. The number of carbonyl (C=O) groups is 2. The van der Waals surface area contributed by atoms with Crippen LogP contribution in [-0.2, 0) is 32.7 Å². The smallest absolute Gasteiger partial charge is 0.303 e. The normalized spacial score (nSPS) is 15.7. The molecule has 0 fully saturated rings. The highest BCUT2D eigenvalue weighted by Crippen LogP contribution is 2.39. The van der Waals surface area contributed by atoms with E-state index in [-0.39, 0.29) is 6.61 Å². The van der Waals surface area contributed by atoms with Crippen LogP contribution in [0.4, 0.5) is 0 Å². The van der Waals surface area contributed by atoms with Crippen LogP contribution in [0.15, 0.2) is 0 Å². The molecule has 0 N–H and O–H groups in total. The van der Waals surface area contributed by atoms with Gasteiger partial charge >= 0.3 is 11.9 Å². The maximum Gasteiger partial charge on any atom is 0.303 e. The summed E-state index contributed by atoms with van der Waals surface area (Å²) in [5.74, 6) is -1.23. The average Bonchev–Trinajstić information content (AvgIpc) is 2.19. The molecule has 112 valence electrons. The SMILES string of the molecule is CC(=O)OCC(COP(=O)([O-])OC(C)C)OC(C)=O. The third-order valence-corrected chi connectivity index (χ3v) is 2.71. The molecule has 0 spiro atoms. The molecule has 2 atom stereocenters. The molecule has 0 heterocycles. The number of phosphoric ester groups is 1. The van der Waals surface area contributed by atoms with Gasteiger partial charge in [-0.25, -0.2) is 0 Å². The molecule has 0 radical (unpaired) electrons. The molecule has 8 nitrogen and oxygen atoms in total. The number of ether oxygens (including phenoxy) is 2. The van der Waals surface area contributed by atoms with Crippen molar-refractivity contribution in [2.75, 3.05) is 13.2 Å². The van der Waals surface area contributed by atoms with E-state index in [9.17, 15) is 19.0 Å². The summed E-state index contributed by atoms with van der Waals surface area (Å²) in [6.45, 7) is 4.58. The van der Waals surface area contributed by atoms with Gasteiger partial charge in [-0.05, 0) is 13.8 Å². The van der Waals surface area contributed by atoms with Crippen molar-refractivity contribution in [3.8, 4) is 0 Å². The number of phosphoric acid groups is 1. The third kappa shape index (κ3) is 10.6. The Morgan fingerprint density at radius 1 is 1.16 bits per heavy atom. The summed E-state index contributed by atoms with van der Waals surface area (Å²) in [6, 6.07) is 0. The predicted octanol–water partition coefficient (Wildman–Crippen LogP) is 0.391. The third-order valence-electron chi connectivity index (χ3n) is 1.56. The maximum atomic E-state index is 11.3. The highest BCUT2D eigenvalue weighted by Gasteiger charge is 2.19. The zero-order valence-electron chi connectivity index (χ0n) is 11.3. The van der Waals surface area contributed by atoms with Crippen LogP contribution in [0, 0.1) is 0 Å². The van der Waals surface area contributed by atoms with Crippen LogP contribution in [0.5, 0.6) is 0 Å². The molecule has 0 saturated heterocycles. The first-order valence-electron chi connectivity index (χ1n) is 5.57. The van der Waals surface area contributed by atoms with E-state index in [1.807, 2.05) is 0 Å². The van der Waals surface area contributed by atoms with Gasteiger partial charge in [0.25, 0.3) is 7.82 Å². The molecule has 0 amide bonds. The minimum Gasteiger partial charge on any atom is -0.756 e. The van der Waals surface area contributed by atoms with Crippen molar-refractivity contribution in [2.45, 2.75) is 39.9 Å². The molecule has 0 saturated carbocycles. The van der Waals surface area contributed by atoms with Gasteiger partial charge in [0.1, 0.15) is 6.61 Å². The first-order chi connectivity index (χ1) is 8.62. The Kier molecular flexibility index (Phi) is 7.85. The predicted molar refractivity (Wildman–Crippen MR) is 62.0 cm³/mol. The molecule has 0 aliphatic rings. The zero-order valence-corrected chi connectivity index (χ0v) is 12.2. The van der Waals surface area contributed by atoms with Gasteiger partial charge in [-0.2, -0.15) is 0 Å². The van der Waals surface area contributed by atoms with Crippen LogP contribution < -0.4 is 4.89 Å². The quantitative estimate of drug-likeness (QED) is 0.467. The molecule has 2 unspecified atom stereocenters. The van der Waals surface area contributed by atoms with Crippen molar-refractivity contribution in [1.82, 2.24) is 0 Å². The lowest BCUT2D eigenvalue weighted by Crippen LogP contribution is -2.29. The number of hydrogen-bond acceptors (Lipinski definition) is 8. The standard InChI is InChI=1S/C10H19O8P/c1-7(2)18-19(13,14)16-6-10(17-9(4)12)5-15-8(3)11/h7,10H,5-6H2,1-4H3,(H,13,14)/p-1. The van der Waals surface area contributed by atoms with E-state index in [1.54, 1.807) is 0 Å². The lowest BCUT2D eigenvalue weighted by atomic mass is 10.4. The van der Waals surface area contributed by atoms with Crippen molar-refractivity contribution in [3.05, 3.63) is 0 Å². The Morgan fingerprint density at radius 3 is 2.16 bits per heavy atom. The highest BCUT2D eigenvalue weighted by atomic mass is 31.2. The second-order valence-corrected chi connectivity index (χ2v) is 5.29. The van der Waals surface area contributed by atoms with Gasteiger partial charge in [0.15, 0.2) is 6.10 Å². The van der Waals surface area contributed by atoms with Gasteiger partial charge in [0, 0.05) is 13.8 Å². The monoisotopic (exact) mass is 297 g/mol. The van der Waals surface area contributed by atoms with E-state index >= 15 is 0 Å². The number of esters is 2. The average molecular weight is 297 g/mol. The first-order valence-corrected chi connectivity index (χ1v) is 7.03. The van der Waals surface area contributed by atoms with Gasteiger partial charge in [-0.15, -0.1) is 0 Å². The fourth-order valence-electron chi connectivity index (χ4n) is 1.02. The van der Waals surface area contributed by atoms with Crippen LogP contribution in [0.2, 0.25) is 0 Å². The lowest BCUT2D eigenvalue weighted by molar-refractivity contribution is -0.231. The van der Waals surface area contributed by atoms with E-state index in [1.165, 1.54) is 20.8 Å². The van der Waals surface area contributed by atoms with Gasteiger partial charge in [-0.3, -0.25) is 14.2 Å². The van der Waals surface area contributed by atoms with Crippen molar-refractivity contribution in [1.29, 1.82) is 0 Å². The van der Waals surface area contributed by atoms with Gasteiger partial charge in [0.2, 0.25) is 0 Å². The Labute approximate surface area is 111 Å². The van der Waals surface area contributed by atoms with Gasteiger partial charge in [0.05, 0.1) is 12.7 Å². The van der Waals surface area contributed by atoms with Crippen molar-refractivity contribution >= 4 is 19.8 Å². The van der Waals surface area contributed by atoms with Crippen LogP contribution in [0.3, 0.4) is 0 Å². The van der Waals surface area contributed by atoms with Crippen molar-refractivity contribution in [3.63, 3.8) is 0 Å². The molecule has 0 aromatic rings. The Hall–Kier alpha value is -0.950. The van der Waals surface area contributed by atoms with Gasteiger partial charge in [-0.1, -0.05) is 0 Å². The second-order valence-electron chi connectivity index (χ2n) is 3.93. The van der Waals surface area contributed by atoms with Crippen molar-refractivity contribution < 1.29 is 37.6 Å². The maximum absolute atomic E-state index is 11.3. The van der Waals surface area contributed by atoms with Gasteiger partial charge < -0.3 is 23.4 Å². The largest absolute Gasteiger partial charge is 0.756 e. The summed E-state index contributed by atoms with van der Waals surface area (Å²) in [7, 11) is -4.48. The summed E-state index contributed by atoms with van der Waals surface area (Å²) in [5, 5.41) is 0. The van der Waals surface area contributed by atoms with Crippen LogP contribution in [-0.4, -0.2) is 37.4 Å². The molecular weight excluding hydrogens is 279 g/mol. The molecular formula is C10H18O8P-. The summed E-state index contributed by atoms with van der Waals surface area (Å²) in [5.41, 5.74) is 0. The molecule has 0 aromatic carbocycles. The molecule has 0 rings (SSSR count). The first kappa shape index (κ1) is 18.0. The summed E-state index contributed by atoms with van der Waals surface area (Å²) in [4.78, 5) is 32.7. The summed E-state index contributed by atoms with van der Waals surface area (Å²) in [6.07, 6.45) is -1.58. The minimum atomic E-state index is -4.48. The summed E-state index contributed by atoms with van der Waals surface area (Å²) >= 11 is 0. The molecule has 0 aliphatic carbocycles. The Balaban J connectivity index is 4.35. The van der Waals surface area contributed by atoms with E-state index in [2.05, 4.69) is 13.8 Å². The number of carbonyl (C=O) groups excluding carboxylic acids is 2. The zero-order chi connectivity index (χ0) is 15.1. The fourth-order valence-corrected chi connectivity index (χ4v) is 1.95. The molecule has 0 aliphatic heterocycles. The van der Waals surface area contributed by atoms with Crippen LogP contribution in [0.1, 0.15) is 27.7 Å². The van der Waals surface area contributed by atoms with E-state index < -0.39 is 38.6 Å². The fraction of sp³-hybridized carbons (Fsp3) is 0.800. The van der Waals surface area contributed by atoms with Crippen LogP contribution >= 0.6 is 7.82 Å². The van der Waals surface area contributed by atoms with E-state index in [4.69, 9.17) is 4.74 Å². The topological polar surface area (TPSA) is 111 Å². The highest BCUT2D eigenvalue weighted by molar-refractivity contribution is 7.45.